The zero-order chi connectivity index (χ0) is 21.0. The molecule has 3 aromatic rings. The van der Waals surface area contributed by atoms with Gasteiger partial charge in [-0.15, -0.1) is 10.2 Å². The third-order valence-electron chi connectivity index (χ3n) is 4.65. The maximum atomic E-state index is 12.8. The molecule has 1 aromatic carbocycles. The molecule has 0 N–H and O–H groups in total. The van der Waals surface area contributed by atoms with Gasteiger partial charge in [0.2, 0.25) is 5.91 Å². The van der Waals surface area contributed by atoms with E-state index in [1.165, 1.54) is 11.8 Å². The van der Waals surface area contributed by atoms with E-state index < -0.39 is 0 Å². The van der Waals surface area contributed by atoms with E-state index in [0.717, 1.165) is 22.6 Å². The Bertz CT molecular complexity index is 960. The molecule has 3 rings (SSSR count). The number of benzene rings is 1. The van der Waals surface area contributed by atoms with E-state index >= 15 is 0 Å². The van der Waals surface area contributed by atoms with E-state index in [-0.39, 0.29) is 18.0 Å². The van der Waals surface area contributed by atoms with Crippen molar-refractivity contribution in [2.24, 2.45) is 0 Å². The van der Waals surface area contributed by atoms with E-state index in [0.29, 0.717) is 10.9 Å². The largest absolute Gasteiger partial charge is 0.337 e. The fourth-order valence-electron chi connectivity index (χ4n) is 3.46. The van der Waals surface area contributed by atoms with Crippen molar-refractivity contribution in [3.8, 4) is 17.1 Å². The molecule has 29 heavy (non-hydrogen) atoms. The summed E-state index contributed by atoms with van der Waals surface area (Å²) in [6.45, 7) is 10.2. The standard InChI is InChI=1S/C22H27N5OS/c1-15(2)26(16(3)4)20(28)14-29-22-25-24-21(18-10-12-23-13-11-18)27(22)19-9-7-6-8-17(19)5/h6-13,15-16H,14H2,1-5H3. The minimum atomic E-state index is 0.102. The molecule has 0 spiro atoms. The Balaban J connectivity index is 1.97. The summed E-state index contributed by atoms with van der Waals surface area (Å²) in [5.74, 6) is 1.16. The fourth-order valence-corrected chi connectivity index (χ4v) is 4.27. The third kappa shape index (κ3) is 4.67. The Morgan fingerprint density at radius 3 is 2.31 bits per heavy atom. The summed E-state index contributed by atoms with van der Waals surface area (Å²) in [7, 11) is 0. The van der Waals surface area contributed by atoms with Gasteiger partial charge in [0, 0.05) is 30.0 Å². The van der Waals surface area contributed by atoms with E-state index in [1.54, 1.807) is 12.4 Å². The quantitative estimate of drug-likeness (QED) is 0.542. The van der Waals surface area contributed by atoms with Crippen molar-refractivity contribution in [3.05, 3.63) is 54.4 Å². The van der Waals surface area contributed by atoms with Crippen molar-refractivity contribution in [2.75, 3.05) is 5.75 Å². The first kappa shape index (κ1) is 21.0. The van der Waals surface area contributed by atoms with Gasteiger partial charge >= 0.3 is 0 Å². The zero-order valence-electron chi connectivity index (χ0n) is 17.5. The summed E-state index contributed by atoms with van der Waals surface area (Å²) in [5, 5.41) is 9.55. The molecule has 7 heteroatoms. The first-order valence-electron chi connectivity index (χ1n) is 9.76. The average Bonchev–Trinajstić information content (AvgIpc) is 3.10. The van der Waals surface area contributed by atoms with Gasteiger partial charge in [-0.05, 0) is 58.4 Å². The van der Waals surface area contributed by atoms with Gasteiger partial charge in [0.1, 0.15) is 0 Å². The molecule has 6 nitrogen and oxygen atoms in total. The molecule has 152 valence electrons. The van der Waals surface area contributed by atoms with Gasteiger partial charge in [-0.2, -0.15) is 0 Å². The van der Waals surface area contributed by atoms with Gasteiger partial charge < -0.3 is 4.90 Å². The van der Waals surface area contributed by atoms with Crippen LogP contribution in [0.25, 0.3) is 17.1 Å². The number of nitrogens with zero attached hydrogens (tertiary/aromatic N) is 5. The highest BCUT2D eigenvalue weighted by Crippen LogP contribution is 2.29. The number of aryl methyl sites for hydroxylation is 1. The van der Waals surface area contributed by atoms with Crippen molar-refractivity contribution in [3.63, 3.8) is 0 Å². The number of thioether (sulfide) groups is 1. The van der Waals surface area contributed by atoms with E-state index in [9.17, 15) is 4.79 Å². The highest BCUT2D eigenvalue weighted by atomic mass is 32.2. The molecule has 0 aliphatic heterocycles. The Morgan fingerprint density at radius 1 is 1.03 bits per heavy atom. The molecule has 0 radical (unpaired) electrons. The van der Waals surface area contributed by atoms with Gasteiger partial charge in [0.15, 0.2) is 11.0 Å². The summed E-state index contributed by atoms with van der Waals surface area (Å²) in [5.41, 5.74) is 3.05. The highest BCUT2D eigenvalue weighted by Gasteiger charge is 2.23. The monoisotopic (exact) mass is 409 g/mol. The lowest BCUT2D eigenvalue weighted by Crippen LogP contribution is -2.43. The lowest BCUT2D eigenvalue weighted by molar-refractivity contribution is -0.131. The Kier molecular flexibility index (Phi) is 6.69. The van der Waals surface area contributed by atoms with E-state index in [4.69, 9.17) is 0 Å². The van der Waals surface area contributed by atoms with Crippen molar-refractivity contribution >= 4 is 17.7 Å². The number of amides is 1. The number of hydrogen-bond acceptors (Lipinski definition) is 5. The van der Waals surface area contributed by atoms with Crippen LogP contribution in [0.4, 0.5) is 0 Å². The number of pyridine rings is 1. The van der Waals surface area contributed by atoms with Crippen molar-refractivity contribution in [1.82, 2.24) is 24.6 Å². The number of carbonyl (C=O) groups is 1. The van der Waals surface area contributed by atoms with E-state index in [1.807, 2.05) is 67.5 Å². The number of hydrogen-bond donors (Lipinski definition) is 0. The van der Waals surface area contributed by atoms with Gasteiger partial charge in [0.05, 0.1) is 11.4 Å². The number of aromatic nitrogens is 4. The zero-order valence-corrected chi connectivity index (χ0v) is 18.3. The molecule has 1 amide bonds. The normalized spacial score (nSPS) is 11.3. The Labute approximate surface area is 176 Å². The van der Waals surface area contributed by atoms with Crippen LogP contribution in [0.1, 0.15) is 33.3 Å². The Hall–Kier alpha value is -2.67. The van der Waals surface area contributed by atoms with Gasteiger partial charge in [-0.1, -0.05) is 30.0 Å². The number of carbonyl (C=O) groups excluding carboxylic acids is 1. The molecule has 2 aromatic heterocycles. The minimum Gasteiger partial charge on any atom is -0.337 e. The molecule has 0 unspecified atom stereocenters. The summed E-state index contributed by atoms with van der Waals surface area (Å²) < 4.78 is 2.03. The molecule has 0 bridgehead atoms. The molecule has 0 aliphatic carbocycles. The topological polar surface area (TPSA) is 63.9 Å². The predicted molar refractivity (Wildman–Crippen MR) is 117 cm³/mol. The minimum absolute atomic E-state index is 0.102. The SMILES string of the molecule is Cc1ccccc1-n1c(SCC(=O)N(C(C)C)C(C)C)nnc1-c1ccncc1. The Morgan fingerprint density at radius 2 is 1.69 bits per heavy atom. The average molecular weight is 410 g/mol. The molecule has 0 fully saturated rings. The highest BCUT2D eigenvalue weighted by molar-refractivity contribution is 7.99. The van der Waals surface area contributed by atoms with Crippen LogP contribution in [0.15, 0.2) is 53.9 Å². The van der Waals surface area contributed by atoms with Crippen molar-refractivity contribution in [1.29, 1.82) is 0 Å². The van der Waals surface area contributed by atoms with Crippen LogP contribution >= 0.6 is 11.8 Å². The van der Waals surface area contributed by atoms with Crippen LogP contribution in [-0.4, -0.2) is 48.4 Å². The van der Waals surface area contributed by atoms with Crippen LogP contribution in [0.5, 0.6) is 0 Å². The molecule has 0 atom stereocenters. The van der Waals surface area contributed by atoms with Crippen LogP contribution in [0.3, 0.4) is 0 Å². The lowest BCUT2D eigenvalue weighted by Gasteiger charge is -2.30. The second-order valence-corrected chi connectivity index (χ2v) is 8.38. The van der Waals surface area contributed by atoms with Crippen LogP contribution in [0.2, 0.25) is 0 Å². The molecular weight excluding hydrogens is 382 g/mol. The van der Waals surface area contributed by atoms with Crippen LogP contribution in [0, 0.1) is 6.92 Å². The maximum Gasteiger partial charge on any atom is 0.233 e. The molecular formula is C22H27N5OS. The summed E-state index contributed by atoms with van der Waals surface area (Å²) in [4.78, 5) is 18.8. The first-order chi connectivity index (χ1) is 13.9. The van der Waals surface area contributed by atoms with Crippen LogP contribution < -0.4 is 0 Å². The predicted octanol–water partition coefficient (Wildman–Crippen LogP) is 4.38. The molecule has 0 saturated heterocycles. The third-order valence-corrected chi connectivity index (χ3v) is 5.57. The maximum absolute atomic E-state index is 12.8. The second kappa shape index (κ2) is 9.22. The molecule has 2 heterocycles. The van der Waals surface area contributed by atoms with Crippen molar-refractivity contribution < 1.29 is 4.79 Å². The van der Waals surface area contributed by atoms with Gasteiger partial charge in [-0.3, -0.25) is 14.3 Å². The number of para-hydroxylation sites is 1. The summed E-state index contributed by atoms with van der Waals surface area (Å²) >= 11 is 1.42. The molecule has 0 saturated carbocycles. The van der Waals surface area contributed by atoms with Gasteiger partial charge in [0.25, 0.3) is 0 Å². The second-order valence-electron chi connectivity index (χ2n) is 7.44. The smallest absolute Gasteiger partial charge is 0.233 e. The number of rotatable bonds is 7. The first-order valence-corrected chi connectivity index (χ1v) is 10.7. The lowest BCUT2D eigenvalue weighted by atomic mass is 10.2. The molecule has 0 aliphatic rings. The summed E-state index contributed by atoms with van der Waals surface area (Å²) in [6.07, 6.45) is 3.48. The fraction of sp³-hybridized carbons (Fsp3) is 0.364. The van der Waals surface area contributed by atoms with Crippen molar-refractivity contribution in [2.45, 2.75) is 51.9 Å². The van der Waals surface area contributed by atoms with Gasteiger partial charge in [-0.25, -0.2) is 0 Å². The van der Waals surface area contributed by atoms with Crippen LogP contribution in [-0.2, 0) is 4.79 Å². The summed E-state index contributed by atoms with van der Waals surface area (Å²) in [6, 6.07) is 12.3. The van der Waals surface area contributed by atoms with E-state index in [2.05, 4.69) is 28.2 Å².